The van der Waals surface area contributed by atoms with Crippen molar-refractivity contribution in [3.63, 3.8) is 0 Å². The first kappa shape index (κ1) is 8.25. The zero-order chi connectivity index (χ0) is 8.10. The van der Waals surface area contributed by atoms with Crippen molar-refractivity contribution in [3.05, 3.63) is 16.6 Å². The number of nitrogens with zero attached hydrogens (tertiary/aromatic N) is 1. The van der Waals surface area contributed by atoms with E-state index in [9.17, 15) is 0 Å². The summed E-state index contributed by atoms with van der Waals surface area (Å²) in [6, 6.07) is 1.94. The van der Waals surface area contributed by atoms with E-state index in [2.05, 4.69) is 16.2 Å². The Kier molecular flexibility index (Phi) is 3.09. The summed E-state index contributed by atoms with van der Waals surface area (Å²) in [5.41, 5.74) is 1.00. The highest BCUT2D eigenvalue weighted by Gasteiger charge is 1.90. The Balaban J connectivity index is 2.59. The molecule has 0 bridgehead atoms. The van der Waals surface area contributed by atoms with Crippen LogP contribution in [0, 0.1) is 18.8 Å². The van der Waals surface area contributed by atoms with Gasteiger partial charge in [0.15, 0.2) is 0 Å². The normalized spacial score (nSPS) is 8.91. The summed E-state index contributed by atoms with van der Waals surface area (Å²) in [5.74, 6) is 5.75. The van der Waals surface area contributed by atoms with Gasteiger partial charge in [0.2, 0.25) is 0 Å². The van der Waals surface area contributed by atoms with Gasteiger partial charge in [-0.15, -0.1) is 0 Å². The third-order valence-corrected chi connectivity index (χ3v) is 1.87. The molecule has 1 rings (SSSR count). The molecule has 1 aromatic heterocycles. The van der Waals surface area contributed by atoms with E-state index < -0.39 is 0 Å². The lowest BCUT2D eigenvalue weighted by Gasteiger charge is -1.76. The van der Waals surface area contributed by atoms with E-state index in [1.807, 2.05) is 13.0 Å². The molecule has 0 amide bonds. The Morgan fingerprint density at radius 1 is 1.73 bits per heavy atom. The average Bonchev–Trinajstić information content (AvgIpc) is 2.37. The molecule has 1 heterocycles. The molecule has 0 unspecified atom stereocenters. The van der Waals surface area contributed by atoms with Gasteiger partial charge in [-0.3, -0.25) is 0 Å². The van der Waals surface area contributed by atoms with Crippen molar-refractivity contribution in [2.75, 3.05) is 6.61 Å². The van der Waals surface area contributed by atoms with Crippen molar-refractivity contribution in [3.8, 4) is 11.8 Å². The lowest BCUT2D eigenvalue weighted by atomic mass is 10.4. The number of hydrogen-bond acceptors (Lipinski definition) is 3. The Morgan fingerprint density at radius 3 is 3.09 bits per heavy atom. The Bertz CT molecular complexity index is 282. The third-order valence-electron chi connectivity index (χ3n) is 1.08. The van der Waals surface area contributed by atoms with Crippen molar-refractivity contribution >= 4 is 11.5 Å². The summed E-state index contributed by atoms with van der Waals surface area (Å²) < 4.78 is 4.07. The van der Waals surface area contributed by atoms with E-state index in [0.717, 1.165) is 10.6 Å². The SMILES string of the molecule is Cc1cc(C#CCCO)sn1. The fourth-order valence-corrected chi connectivity index (χ4v) is 1.26. The van der Waals surface area contributed by atoms with Gasteiger partial charge in [0, 0.05) is 6.42 Å². The Hall–Kier alpha value is -0.850. The number of aryl methyl sites for hydroxylation is 1. The lowest BCUT2D eigenvalue weighted by molar-refractivity contribution is 0.305. The predicted molar refractivity (Wildman–Crippen MR) is 45.4 cm³/mol. The van der Waals surface area contributed by atoms with Crippen molar-refractivity contribution < 1.29 is 5.11 Å². The van der Waals surface area contributed by atoms with E-state index in [1.165, 1.54) is 11.5 Å². The van der Waals surface area contributed by atoms with Crippen LogP contribution in [0.3, 0.4) is 0 Å². The Labute approximate surface area is 70.1 Å². The molecule has 58 valence electrons. The van der Waals surface area contributed by atoms with Crippen LogP contribution in [0.25, 0.3) is 0 Å². The molecule has 0 spiro atoms. The molecule has 1 aromatic rings. The van der Waals surface area contributed by atoms with E-state index >= 15 is 0 Å². The van der Waals surface area contributed by atoms with Crippen LogP contribution in [0.2, 0.25) is 0 Å². The first-order valence-corrected chi connectivity index (χ1v) is 4.13. The second-order valence-electron chi connectivity index (χ2n) is 2.11. The predicted octanol–water partition coefficient (Wildman–Crippen LogP) is 1.19. The lowest BCUT2D eigenvalue weighted by Crippen LogP contribution is -1.75. The maximum atomic E-state index is 8.43. The van der Waals surface area contributed by atoms with Crippen molar-refractivity contribution in [1.82, 2.24) is 4.37 Å². The maximum Gasteiger partial charge on any atom is 0.0977 e. The van der Waals surface area contributed by atoms with Gasteiger partial charge < -0.3 is 5.11 Å². The zero-order valence-corrected chi connectivity index (χ0v) is 7.11. The van der Waals surface area contributed by atoms with Gasteiger partial charge in [0.25, 0.3) is 0 Å². The first-order chi connectivity index (χ1) is 5.33. The summed E-state index contributed by atoms with van der Waals surface area (Å²) in [7, 11) is 0. The molecule has 0 aliphatic heterocycles. The molecule has 0 fully saturated rings. The second-order valence-corrected chi connectivity index (χ2v) is 2.91. The first-order valence-electron chi connectivity index (χ1n) is 3.36. The van der Waals surface area contributed by atoms with Crippen molar-refractivity contribution in [2.24, 2.45) is 0 Å². The summed E-state index contributed by atoms with van der Waals surface area (Å²) in [6.07, 6.45) is 0.539. The quantitative estimate of drug-likeness (QED) is 0.637. The van der Waals surface area contributed by atoms with Gasteiger partial charge >= 0.3 is 0 Å². The summed E-state index contributed by atoms with van der Waals surface area (Å²) in [6.45, 7) is 2.07. The molecular formula is C8H9NOS. The van der Waals surface area contributed by atoms with Gasteiger partial charge in [-0.1, -0.05) is 11.8 Å². The molecule has 0 saturated heterocycles. The van der Waals surface area contributed by atoms with Crippen LogP contribution in [-0.4, -0.2) is 16.1 Å². The van der Waals surface area contributed by atoms with E-state index in [0.29, 0.717) is 6.42 Å². The van der Waals surface area contributed by atoms with Crippen LogP contribution in [0.5, 0.6) is 0 Å². The standard InChI is InChI=1S/C8H9NOS/c1-7-6-8(11-9-7)4-2-3-5-10/h6,10H,3,5H2,1H3. The summed E-state index contributed by atoms with van der Waals surface area (Å²) >= 11 is 1.39. The monoisotopic (exact) mass is 167 g/mol. The average molecular weight is 167 g/mol. The largest absolute Gasteiger partial charge is 0.395 e. The van der Waals surface area contributed by atoms with Gasteiger partial charge in [0.1, 0.15) is 0 Å². The highest BCUT2D eigenvalue weighted by molar-refractivity contribution is 7.06. The number of hydrogen-bond donors (Lipinski definition) is 1. The van der Waals surface area contributed by atoms with Gasteiger partial charge in [-0.05, 0) is 24.5 Å². The zero-order valence-electron chi connectivity index (χ0n) is 6.29. The van der Waals surface area contributed by atoms with E-state index in [4.69, 9.17) is 5.11 Å². The van der Waals surface area contributed by atoms with Crippen LogP contribution in [0.15, 0.2) is 6.07 Å². The molecule has 0 radical (unpaired) electrons. The Morgan fingerprint density at radius 2 is 2.55 bits per heavy atom. The molecule has 0 atom stereocenters. The van der Waals surface area contributed by atoms with Crippen LogP contribution >= 0.6 is 11.5 Å². The van der Waals surface area contributed by atoms with Crippen LogP contribution in [0.1, 0.15) is 17.0 Å². The highest BCUT2D eigenvalue weighted by atomic mass is 32.1. The number of rotatable bonds is 1. The topological polar surface area (TPSA) is 33.1 Å². The summed E-state index contributed by atoms with van der Waals surface area (Å²) in [4.78, 5) is 0.968. The second kappa shape index (κ2) is 4.12. The minimum Gasteiger partial charge on any atom is -0.395 e. The molecule has 0 aliphatic carbocycles. The fraction of sp³-hybridized carbons (Fsp3) is 0.375. The van der Waals surface area contributed by atoms with Crippen molar-refractivity contribution in [2.45, 2.75) is 13.3 Å². The van der Waals surface area contributed by atoms with E-state index in [1.54, 1.807) is 0 Å². The van der Waals surface area contributed by atoms with Crippen molar-refractivity contribution in [1.29, 1.82) is 0 Å². The molecular weight excluding hydrogens is 158 g/mol. The number of aromatic nitrogens is 1. The smallest absolute Gasteiger partial charge is 0.0977 e. The minimum absolute atomic E-state index is 0.130. The van der Waals surface area contributed by atoms with Gasteiger partial charge in [-0.25, -0.2) is 0 Å². The molecule has 1 N–H and O–H groups in total. The number of aliphatic hydroxyl groups excluding tert-OH is 1. The molecule has 3 heteroatoms. The van der Waals surface area contributed by atoms with E-state index in [-0.39, 0.29) is 6.61 Å². The molecule has 11 heavy (non-hydrogen) atoms. The van der Waals surface area contributed by atoms with Crippen LogP contribution in [0.4, 0.5) is 0 Å². The highest BCUT2D eigenvalue weighted by Crippen LogP contribution is 2.06. The fourth-order valence-electron chi connectivity index (χ4n) is 0.628. The minimum atomic E-state index is 0.130. The molecule has 0 saturated carbocycles. The van der Waals surface area contributed by atoms with Crippen LogP contribution < -0.4 is 0 Å². The van der Waals surface area contributed by atoms with Gasteiger partial charge in [-0.2, -0.15) is 4.37 Å². The molecule has 0 aliphatic rings. The molecule has 2 nitrogen and oxygen atoms in total. The van der Waals surface area contributed by atoms with Gasteiger partial charge in [0.05, 0.1) is 17.2 Å². The molecule has 0 aromatic carbocycles. The summed E-state index contributed by atoms with van der Waals surface area (Å²) in [5, 5.41) is 8.43. The van der Waals surface area contributed by atoms with Crippen LogP contribution in [-0.2, 0) is 0 Å². The third kappa shape index (κ3) is 2.71. The number of aliphatic hydroxyl groups is 1. The maximum absolute atomic E-state index is 8.43.